The Morgan fingerprint density at radius 1 is 0.962 bits per heavy atom. The summed E-state index contributed by atoms with van der Waals surface area (Å²) in [6, 6.07) is 23.8. The van der Waals surface area contributed by atoms with E-state index in [4.69, 9.17) is 4.74 Å². The first-order valence-corrected chi connectivity index (χ1v) is 8.27. The number of aldehydes is 1. The molecule has 3 aromatic carbocycles. The molecule has 4 nitrogen and oxygen atoms in total. The van der Waals surface area contributed by atoms with E-state index >= 15 is 0 Å². The maximum Gasteiger partial charge on any atom is 0.258 e. The van der Waals surface area contributed by atoms with Crippen molar-refractivity contribution in [3.8, 4) is 5.75 Å². The molecule has 0 saturated carbocycles. The van der Waals surface area contributed by atoms with Crippen molar-refractivity contribution in [2.24, 2.45) is 0 Å². The summed E-state index contributed by atoms with van der Waals surface area (Å²) in [5.41, 5.74) is 2.98. The average molecular weight is 345 g/mol. The smallest absolute Gasteiger partial charge is 0.258 e. The molecule has 130 valence electrons. The number of ether oxygens (including phenoxy) is 1. The van der Waals surface area contributed by atoms with Crippen LogP contribution in [0.5, 0.6) is 5.75 Å². The molecule has 0 fully saturated rings. The Balaban J connectivity index is 1.64. The minimum atomic E-state index is -0.0673. The van der Waals surface area contributed by atoms with Crippen molar-refractivity contribution in [3.63, 3.8) is 0 Å². The van der Waals surface area contributed by atoms with Crippen LogP contribution in [0.1, 0.15) is 26.3 Å². The molecule has 0 spiro atoms. The van der Waals surface area contributed by atoms with Crippen LogP contribution in [0.25, 0.3) is 0 Å². The van der Waals surface area contributed by atoms with E-state index in [2.05, 4.69) is 0 Å². The second-order valence-corrected chi connectivity index (χ2v) is 5.88. The molecule has 0 aromatic heterocycles. The fourth-order valence-electron chi connectivity index (χ4n) is 2.55. The van der Waals surface area contributed by atoms with Crippen molar-refractivity contribution in [1.82, 2.24) is 0 Å². The van der Waals surface area contributed by atoms with Crippen molar-refractivity contribution in [3.05, 3.63) is 95.6 Å². The average Bonchev–Trinajstić information content (AvgIpc) is 2.72. The Morgan fingerprint density at radius 2 is 1.69 bits per heavy atom. The summed E-state index contributed by atoms with van der Waals surface area (Å²) < 4.78 is 5.70. The summed E-state index contributed by atoms with van der Waals surface area (Å²) in [4.78, 5) is 25.0. The van der Waals surface area contributed by atoms with E-state index < -0.39 is 0 Å². The number of hydrogen-bond donors (Lipinski definition) is 0. The van der Waals surface area contributed by atoms with Crippen molar-refractivity contribution < 1.29 is 14.3 Å². The lowest BCUT2D eigenvalue weighted by atomic mass is 10.1. The van der Waals surface area contributed by atoms with Crippen LogP contribution in [0.15, 0.2) is 78.9 Å². The van der Waals surface area contributed by atoms with E-state index in [1.54, 1.807) is 48.3 Å². The number of anilines is 1. The van der Waals surface area contributed by atoms with Gasteiger partial charge in [0.05, 0.1) is 0 Å². The van der Waals surface area contributed by atoms with E-state index in [-0.39, 0.29) is 5.91 Å². The number of benzene rings is 3. The molecule has 0 atom stereocenters. The summed E-state index contributed by atoms with van der Waals surface area (Å²) in [5.74, 6) is 0.570. The predicted octanol–water partition coefficient (Wildman–Crippen LogP) is 4.35. The van der Waals surface area contributed by atoms with E-state index in [0.29, 0.717) is 23.5 Å². The number of carbonyl (C=O) groups is 2. The molecule has 0 unspecified atom stereocenters. The summed E-state index contributed by atoms with van der Waals surface area (Å²) >= 11 is 0. The number of carbonyl (C=O) groups excluding carboxylic acids is 2. The fourth-order valence-corrected chi connectivity index (χ4v) is 2.55. The Morgan fingerprint density at radius 3 is 2.38 bits per heavy atom. The summed E-state index contributed by atoms with van der Waals surface area (Å²) in [6.07, 6.45) is 0.788. The highest BCUT2D eigenvalue weighted by atomic mass is 16.5. The summed E-state index contributed by atoms with van der Waals surface area (Å²) in [6.45, 7) is 0.366. The molecule has 0 bridgehead atoms. The normalized spacial score (nSPS) is 10.2. The Labute approximate surface area is 152 Å². The number of amides is 1. The fraction of sp³-hybridized carbons (Fsp3) is 0.0909. The summed E-state index contributed by atoms with van der Waals surface area (Å²) in [7, 11) is 1.76. The van der Waals surface area contributed by atoms with Gasteiger partial charge in [0.25, 0.3) is 5.91 Å². The van der Waals surface area contributed by atoms with Crippen LogP contribution in [-0.4, -0.2) is 19.2 Å². The Kier molecular flexibility index (Phi) is 5.44. The van der Waals surface area contributed by atoms with E-state index in [1.807, 2.05) is 42.5 Å². The van der Waals surface area contributed by atoms with Gasteiger partial charge < -0.3 is 9.64 Å². The number of para-hydroxylation sites is 1. The van der Waals surface area contributed by atoms with Crippen molar-refractivity contribution in [2.75, 3.05) is 11.9 Å². The standard InChI is InChI=1S/C22H19NO3/c1-23(20-7-3-2-4-8-20)22(25)19-12-10-17(11-13-19)16-26-21-9-5-6-18(14-21)15-24/h2-15H,16H2,1H3. The predicted molar refractivity (Wildman–Crippen MR) is 102 cm³/mol. The van der Waals surface area contributed by atoms with E-state index in [9.17, 15) is 9.59 Å². The monoisotopic (exact) mass is 345 g/mol. The highest BCUT2D eigenvalue weighted by Crippen LogP contribution is 2.17. The first-order chi connectivity index (χ1) is 12.7. The van der Waals surface area contributed by atoms with Gasteiger partial charge >= 0.3 is 0 Å². The van der Waals surface area contributed by atoms with Gasteiger partial charge in [0.2, 0.25) is 0 Å². The van der Waals surface area contributed by atoms with Crippen LogP contribution in [0.2, 0.25) is 0 Å². The molecule has 4 heteroatoms. The molecule has 0 saturated heterocycles. The SMILES string of the molecule is CN(C(=O)c1ccc(COc2cccc(C=O)c2)cc1)c1ccccc1. The summed E-state index contributed by atoms with van der Waals surface area (Å²) in [5, 5.41) is 0. The zero-order valence-electron chi connectivity index (χ0n) is 14.5. The van der Waals surface area contributed by atoms with Gasteiger partial charge in [0.1, 0.15) is 18.6 Å². The lowest BCUT2D eigenvalue weighted by molar-refractivity contribution is 0.0992. The molecule has 26 heavy (non-hydrogen) atoms. The van der Waals surface area contributed by atoms with Gasteiger partial charge in [-0.3, -0.25) is 9.59 Å². The maximum absolute atomic E-state index is 12.6. The zero-order valence-corrected chi connectivity index (χ0v) is 14.5. The number of nitrogens with zero attached hydrogens (tertiary/aromatic N) is 1. The van der Waals surface area contributed by atoms with Crippen molar-refractivity contribution in [2.45, 2.75) is 6.61 Å². The molecule has 1 amide bonds. The molecule has 0 aliphatic rings. The van der Waals surface area contributed by atoms with Gasteiger partial charge in [-0.05, 0) is 42.0 Å². The van der Waals surface area contributed by atoms with Gasteiger partial charge in [-0.15, -0.1) is 0 Å². The molecule has 0 radical (unpaired) electrons. The molecule has 3 rings (SSSR count). The number of rotatable bonds is 6. The van der Waals surface area contributed by atoms with Gasteiger partial charge in [0.15, 0.2) is 0 Å². The molecular formula is C22H19NO3. The zero-order chi connectivity index (χ0) is 18.4. The molecule has 0 aliphatic heterocycles. The van der Waals surface area contributed by atoms with Crippen LogP contribution >= 0.6 is 0 Å². The highest BCUT2D eigenvalue weighted by Gasteiger charge is 2.13. The molecular weight excluding hydrogens is 326 g/mol. The van der Waals surface area contributed by atoms with Crippen molar-refractivity contribution in [1.29, 1.82) is 0 Å². The third kappa shape index (κ3) is 4.16. The maximum atomic E-state index is 12.6. The van der Waals surface area contributed by atoms with Crippen LogP contribution in [-0.2, 0) is 6.61 Å². The number of hydrogen-bond acceptors (Lipinski definition) is 3. The highest BCUT2D eigenvalue weighted by molar-refractivity contribution is 6.05. The second kappa shape index (κ2) is 8.12. The first-order valence-electron chi connectivity index (χ1n) is 8.27. The van der Waals surface area contributed by atoms with E-state index in [0.717, 1.165) is 17.5 Å². The molecule has 0 N–H and O–H groups in total. The Hall–Kier alpha value is -3.40. The minimum absolute atomic E-state index is 0.0673. The minimum Gasteiger partial charge on any atom is -0.489 e. The van der Waals surface area contributed by atoms with Crippen molar-refractivity contribution >= 4 is 17.9 Å². The van der Waals surface area contributed by atoms with Crippen LogP contribution in [0.3, 0.4) is 0 Å². The lowest BCUT2D eigenvalue weighted by Gasteiger charge is -2.17. The van der Waals surface area contributed by atoms with Crippen LogP contribution < -0.4 is 9.64 Å². The van der Waals surface area contributed by atoms with E-state index in [1.165, 1.54) is 0 Å². The van der Waals surface area contributed by atoms with Crippen LogP contribution in [0.4, 0.5) is 5.69 Å². The topological polar surface area (TPSA) is 46.6 Å². The van der Waals surface area contributed by atoms with Gasteiger partial charge in [0, 0.05) is 23.9 Å². The van der Waals surface area contributed by atoms with Gasteiger partial charge in [-0.25, -0.2) is 0 Å². The second-order valence-electron chi connectivity index (χ2n) is 5.88. The third-order valence-electron chi connectivity index (χ3n) is 4.05. The Bertz CT molecular complexity index is 889. The molecule has 0 heterocycles. The largest absolute Gasteiger partial charge is 0.489 e. The van der Waals surface area contributed by atoms with Gasteiger partial charge in [-0.1, -0.05) is 42.5 Å². The first kappa shape index (κ1) is 17.4. The quantitative estimate of drug-likeness (QED) is 0.624. The molecule has 3 aromatic rings. The molecule has 0 aliphatic carbocycles. The third-order valence-corrected chi connectivity index (χ3v) is 4.05. The van der Waals surface area contributed by atoms with Gasteiger partial charge in [-0.2, -0.15) is 0 Å². The van der Waals surface area contributed by atoms with Crippen LogP contribution in [0, 0.1) is 0 Å². The lowest BCUT2D eigenvalue weighted by Crippen LogP contribution is -2.26.